The highest BCUT2D eigenvalue weighted by Crippen LogP contribution is 2.32. The number of hydrogen-bond acceptors (Lipinski definition) is 5. The highest BCUT2D eigenvalue weighted by molar-refractivity contribution is 6.43. The van der Waals surface area contributed by atoms with Gasteiger partial charge in [-0.25, -0.2) is 4.98 Å². The average molecular weight is 396 g/mol. The number of methoxy groups -OCH3 is 1. The summed E-state index contributed by atoms with van der Waals surface area (Å²) in [7, 11) is 1.56. The molecule has 0 fully saturated rings. The van der Waals surface area contributed by atoms with E-state index in [0.29, 0.717) is 38.3 Å². The molecule has 1 aromatic heterocycles. The third-order valence-corrected chi connectivity index (χ3v) is 4.39. The molecule has 0 saturated heterocycles. The van der Waals surface area contributed by atoms with Gasteiger partial charge >= 0.3 is 0 Å². The lowest BCUT2D eigenvalue weighted by molar-refractivity contribution is 0.415. The second-order valence-electron chi connectivity index (χ2n) is 4.97. The van der Waals surface area contributed by atoms with Crippen molar-refractivity contribution in [2.45, 2.75) is 0 Å². The lowest BCUT2D eigenvalue weighted by atomic mass is 10.3. The van der Waals surface area contributed by atoms with E-state index < -0.39 is 0 Å². The second-order valence-corrected chi connectivity index (χ2v) is 6.16. The van der Waals surface area contributed by atoms with Crippen molar-refractivity contribution in [3.05, 3.63) is 63.7 Å². The third kappa shape index (κ3) is 4.25. The molecule has 0 aliphatic heterocycles. The van der Waals surface area contributed by atoms with Crippen molar-refractivity contribution in [1.29, 1.82) is 0 Å². The van der Waals surface area contributed by atoms with Crippen LogP contribution in [0.2, 0.25) is 15.1 Å². The molecule has 8 heteroatoms. The van der Waals surface area contributed by atoms with Crippen molar-refractivity contribution in [2.75, 3.05) is 17.7 Å². The summed E-state index contributed by atoms with van der Waals surface area (Å²) in [6, 6.07) is 12.4. The van der Waals surface area contributed by atoms with E-state index in [9.17, 15) is 0 Å². The van der Waals surface area contributed by atoms with E-state index in [0.717, 1.165) is 5.69 Å². The van der Waals surface area contributed by atoms with Crippen LogP contribution in [0.1, 0.15) is 0 Å². The van der Waals surface area contributed by atoms with Crippen LogP contribution < -0.4 is 15.4 Å². The van der Waals surface area contributed by atoms with E-state index in [1.165, 1.54) is 0 Å². The van der Waals surface area contributed by atoms with Crippen molar-refractivity contribution < 1.29 is 4.74 Å². The molecule has 1 heterocycles. The monoisotopic (exact) mass is 394 g/mol. The van der Waals surface area contributed by atoms with Crippen LogP contribution in [-0.2, 0) is 0 Å². The summed E-state index contributed by atoms with van der Waals surface area (Å²) in [4.78, 5) is 8.59. The van der Waals surface area contributed by atoms with Crippen LogP contribution in [0.25, 0.3) is 0 Å². The van der Waals surface area contributed by atoms with Crippen LogP contribution >= 0.6 is 34.8 Å². The van der Waals surface area contributed by atoms with E-state index in [2.05, 4.69) is 20.6 Å². The number of halogens is 3. The Labute approximate surface area is 159 Å². The summed E-state index contributed by atoms with van der Waals surface area (Å²) >= 11 is 18.3. The van der Waals surface area contributed by atoms with E-state index in [1.807, 2.05) is 12.1 Å². The van der Waals surface area contributed by atoms with Gasteiger partial charge in [-0.15, -0.1) is 0 Å². The molecule has 0 atom stereocenters. The summed E-state index contributed by atoms with van der Waals surface area (Å²) in [5, 5.41) is 7.59. The molecule has 0 amide bonds. The highest BCUT2D eigenvalue weighted by atomic mass is 35.5. The Morgan fingerprint density at radius 3 is 2.56 bits per heavy atom. The first-order valence-electron chi connectivity index (χ1n) is 7.21. The Morgan fingerprint density at radius 2 is 1.80 bits per heavy atom. The lowest BCUT2D eigenvalue weighted by Crippen LogP contribution is -2.01. The maximum atomic E-state index is 6.18. The quantitative estimate of drug-likeness (QED) is 0.560. The number of hydrogen-bond donors (Lipinski definition) is 2. The molecule has 3 aromatic rings. The summed E-state index contributed by atoms with van der Waals surface area (Å²) in [5.41, 5.74) is 1.40. The molecule has 0 bridgehead atoms. The van der Waals surface area contributed by atoms with Gasteiger partial charge in [0.15, 0.2) is 0 Å². The number of ether oxygens (including phenoxy) is 1. The van der Waals surface area contributed by atoms with Gasteiger partial charge in [-0.05, 0) is 36.4 Å². The maximum absolute atomic E-state index is 6.18. The zero-order valence-electron chi connectivity index (χ0n) is 13.1. The van der Waals surface area contributed by atoms with E-state index in [1.54, 1.807) is 43.6 Å². The van der Waals surface area contributed by atoms with Gasteiger partial charge in [-0.1, -0.05) is 40.9 Å². The third-order valence-electron chi connectivity index (χ3n) is 3.28. The number of anilines is 4. The first kappa shape index (κ1) is 17.6. The average Bonchev–Trinajstić information content (AvgIpc) is 2.60. The molecular weight excluding hydrogens is 383 g/mol. The van der Waals surface area contributed by atoms with Crippen LogP contribution in [0, 0.1) is 0 Å². The van der Waals surface area contributed by atoms with Crippen molar-refractivity contribution in [3.8, 4) is 5.75 Å². The number of nitrogens with zero attached hydrogens (tertiary/aromatic N) is 2. The predicted molar refractivity (Wildman–Crippen MR) is 103 cm³/mol. The molecule has 3 rings (SSSR count). The molecule has 0 radical (unpaired) electrons. The maximum Gasteiger partial charge on any atom is 0.229 e. The van der Waals surface area contributed by atoms with Crippen molar-refractivity contribution in [3.63, 3.8) is 0 Å². The van der Waals surface area contributed by atoms with Crippen molar-refractivity contribution >= 4 is 57.9 Å². The van der Waals surface area contributed by atoms with Gasteiger partial charge in [-0.3, -0.25) is 0 Å². The summed E-state index contributed by atoms with van der Waals surface area (Å²) in [6.07, 6.45) is 1.63. The van der Waals surface area contributed by atoms with Gasteiger partial charge in [0.25, 0.3) is 0 Å². The van der Waals surface area contributed by atoms with Gasteiger partial charge in [0.1, 0.15) is 11.6 Å². The summed E-state index contributed by atoms with van der Waals surface area (Å²) in [6.45, 7) is 0. The highest BCUT2D eigenvalue weighted by Gasteiger charge is 2.07. The molecule has 2 aromatic carbocycles. The number of nitrogens with one attached hydrogen (secondary N) is 2. The Morgan fingerprint density at radius 1 is 0.960 bits per heavy atom. The largest absolute Gasteiger partial charge is 0.495 e. The standard InChI is InChI=1S/C17H13Cl3N4O/c1-25-14-6-5-10(9-12(14)19)22-17-21-8-7-15(24-17)23-13-4-2-3-11(18)16(13)20/h2-9H,1H3,(H2,21,22,23,24). The Bertz CT molecular complexity index is 905. The molecule has 128 valence electrons. The fourth-order valence-corrected chi connectivity index (χ4v) is 2.71. The molecule has 2 N–H and O–H groups in total. The number of benzene rings is 2. The fourth-order valence-electron chi connectivity index (χ4n) is 2.10. The number of rotatable bonds is 5. The minimum absolute atomic E-state index is 0.407. The van der Waals surface area contributed by atoms with Crippen LogP contribution in [0.5, 0.6) is 5.75 Å². The van der Waals surface area contributed by atoms with E-state index >= 15 is 0 Å². The Kier molecular flexibility index (Phi) is 5.48. The minimum Gasteiger partial charge on any atom is -0.495 e. The second kappa shape index (κ2) is 7.78. The Balaban J connectivity index is 1.79. The normalized spacial score (nSPS) is 10.4. The first-order valence-corrected chi connectivity index (χ1v) is 8.35. The van der Waals surface area contributed by atoms with E-state index in [-0.39, 0.29) is 0 Å². The molecule has 5 nitrogen and oxygen atoms in total. The Hall–Kier alpha value is -2.21. The van der Waals surface area contributed by atoms with Crippen LogP contribution in [0.3, 0.4) is 0 Å². The van der Waals surface area contributed by atoms with E-state index in [4.69, 9.17) is 39.5 Å². The predicted octanol–water partition coefficient (Wildman–Crippen LogP) is 5.93. The molecule has 0 spiro atoms. The SMILES string of the molecule is COc1ccc(Nc2nccc(Nc3cccc(Cl)c3Cl)n2)cc1Cl. The fraction of sp³-hybridized carbons (Fsp3) is 0.0588. The molecule has 0 aliphatic carbocycles. The van der Waals surface area contributed by atoms with Crippen LogP contribution in [-0.4, -0.2) is 17.1 Å². The van der Waals surface area contributed by atoms with Gasteiger partial charge in [0, 0.05) is 11.9 Å². The summed E-state index contributed by atoms with van der Waals surface area (Å²) in [5.74, 6) is 1.57. The molecular formula is C17H13Cl3N4O. The molecule has 0 saturated carbocycles. The van der Waals surface area contributed by atoms with Gasteiger partial charge in [-0.2, -0.15) is 4.98 Å². The smallest absolute Gasteiger partial charge is 0.229 e. The molecule has 25 heavy (non-hydrogen) atoms. The number of aromatic nitrogens is 2. The minimum atomic E-state index is 0.407. The zero-order valence-corrected chi connectivity index (χ0v) is 15.3. The molecule has 0 unspecified atom stereocenters. The first-order chi connectivity index (χ1) is 12.1. The van der Waals surface area contributed by atoms with Crippen LogP contribution in [0.15, 0.2) is 48.7 Å². The lowest BCUT2D eigenvalue weighted by Gasteiger charge is -2.11. The van der Waals surface area contributed by atoms with Gasteiger partial charge in [0.2, 0.25) is 5.95 Å². The molecule has 0 aliphatic rings. The zero-order chi connectivity index (χ0) is 17.8. The van der Waals surface area contributed by atoms with Gasteiger partial charge < -0.3 is 15.4 Å². The topological polar surface area (TPSA) is 59.1 Å². The summed E-state index contributed by atoms with van der Waals surface area (Å²) < 4.78 is 5.13. The van der Waals surface area contributed by atoms with Crippen molar-refractivity contribution in [1.82, 2.24) is 9.97 Å². The van der Waals surface area contributed by atoms with Gasteiger partial charge in [0.05, 0.1) is 27.9 Å². The van der Waals surface area contributed by atoms with Crippen LogP contribution in [0.4, 0.5) is 23.1 Å². The van der Waals surface area contributed by atoms with Crippen molar-refractivity contribution in [2.24, 2.45) is 0 Å².